The number of rotatable bonds is 7. The van der Waals surface area contributed by atoms with Crippen LogP contribution in [0.25, 0.3) is 11.1 Å². The minimum atomic E-state index is 0.242. The molecular formula is C25H33N5. The van der Waals surface area contributed by atoms with Crippen molar-refractivity contribution in [3.63, 3.8) is 0 Å². The molecule has 3 N–H and O–H groups in total. The third-order valence-corrected chi connectivity index (χ3v) is 5.93. The van der Waals surface area contributed by atoms with Gasteiger partial charge in [-0.3, -0.25) is 15.5 Å². The van der Waals surface area contributed by atoms with E-state index in [1.54, 1.807) is 0 Å². The maximum absolute atomic E-state index is 4.29. The molecule has 3 aromatic rings. The summed E-state index contributed by atoms with van der Waals surface area (Å²) in [4.78, 5) is 0. The van der Waals surface area contributed by atoms with Crippen molar-refractivity contribution in [2.45, 2.75) is 39.9 Å². The molecular weight excluding hydrogens is 370 g/mol. The molecule has 2 unspecified atom stereocenters. The average molecular weight is 404 g/mol. The lowest BCUT2D eigenvalue weighted by Gasteiger charge is -2.31. The van der Waals surface area contributed by atoms with Crippen LogP contribution in [0.1, 0.15) is 31.9 Å². The summed E-state index contributed by atoms with van der Waals surface area (Å²) in [7, 11) is 0. The second-order valence-corrected chi connectivity index (χ2v) is 9.32. The number of aromatic nitrogens is 2. The SMILES string of the molecule is CC(C)(C)C1NNCC1CNCc1ccccc1-c1ccc(Cn2cccn2)cc1. The van der Waals surface area contributed by atoms with E-state index in [0.717, 1.165) is 26.2 Å². The number of hydrogen-bond donors (Lipinski definition) is 3. The summed E-state index contributed by atoms with van der Waals surface area (Å²) in [6, 6.07) is 20.0. The van der Waals surface area contributed by atoms with E-state index >= 15 is 0 Å². The van der Waals surface area contributed by atoms with E-state index in [1.165, 1.54) is 22.3 Å². The molecule has 5 nitrogen and oxygen atoms in total. The number of hydrogen-bond acceptors (Lipinski definition) is 4. The van der Waals surface area contributed by atoms with Crippen molar-refractivity contribution in [1.29, 1.82) is 0 Å². The minimum absolute atomic E-state index is 0.242. The Labute approximate surface area is 179 Å². The molecule has 1 aromatic heterocycles. The predicted octanol–water partition coefficient (Wildman–Crippen LogP) is 3.83. The minimum Gasteiger partial charge on any atom is -0.312 e. The smallest absolute Gasteiger partial charge is 0.0659 e. The summed E-state index contributed by atoms with van der Waals surface area (Å²) >= 11 is 0. The van der Waals surface area contributed by atoms with Gasteiger partial charge >= 0.3 is 0 Å². The molecule has 2 heterocycles. The molecule has 30 heavy (non-hydrogen) atoms. The van der Waals surface area contributed by atoms with E-state index in [2.05, 4.69) is 90.6 Å². The van der Waals surface area contributed by atoms with Crippen molar-refractivity contribution >= 4 is 0 Å². The molecule has 158 valence electrons. The standard InChI is InChI=1S/C25H33N5/c1-25(2,3)24-22(17-27-29-24)16-26-15-21-7-4-5-8-23(21)20-11-9-19(10-12-20)18-30-14-6-13-28-30/h4-14,22,24,26-27,29H,15-18H2,1-3H3. The van der Waals surface area contributed by atoms with Crippen LogP contribution in [-0.2, 0) is 13.1 Å². The van der Waals surface area contributed by atoms with Crippen molar-refractivity contribution in [2.75, 3.05) is 13.1 Å². The first kappa shape index (κ1) is 20.8. The lowest BCUT2D eigenvalue weighted by Crippen LogP contribution is -2.44. The molecule has 0 spiro atoms. The Morgan fingerprint density at radius 1 is 1.07 bits per heavy atom. The van der Waals surface area contributed by atoms with Gasteiger partial charge in [0.1, 0.15) is 0 Å². The van der Waals surface area contributed by atoms with Crippen LogP contribution in [0.4, 0.5) is 0 Å². The van der Waals surface area contributed by atoms with Gasteiger partial charge in [0.25, 0.3) is 0 Å². The second kappa shape index (κ2) is 9.13. The zero-order valence-corrected chi connectivity index (χ0v) is 18.2. The zero-order chi connectivity index (χ0) is 21.0. The molecule has 0 saturated carbocycles. The van der Waals surface area contributed by atoms with Gasteiger partial charge in [-0.05, 0) is 33.7 Å². The highest BCUT2D eigenvalue weighted by Gasteiger charge is 2.35. The van der Waals surface area contributed by atoms with Crippen LogP contribution < -0.4 is 16.2 Å². The highest BCUT2D eigenvalue weighted by Crippen LogP contribution is 2.27. The Morgan fingerprint density at radius 3 is 2.60 bits per heavy atom. The lowest BCUT2D eigenvalue weighted by molar-refractivity contribution is 0.235. The van der Waals surface area contributed by atoms with Crippen molar-refractivity contribution in [3.05, 3.63) is 78.1 Å². The van der Waals surface area contributed by atoms with Gasteiger partial charge in [-0.2, -0.15) is 5.10 Å². The molecule has 1 aliphatic rings. The number of hydrazine groups is 1. The Hall–Kier alpha value is -2.47. The Balaban J connectivity index is 1.40. The molecule has 2 aromatic carbocycles. The fraction of sp³-hybridized carbons (Fsp3) is 0.400. The summed E-state index contributed by atoms with van der Waals surface area (Å²) in [5.41, 5.74) is 12.2. The van der Waals surface area contributed by atoms with Gasteiger partial charge in [0.2, 0.25) is 0 Å². The van der Waals surface area contributed by atoms with Crippen LogP contribution >= 0.6 is 0 Å². The van der Waals surface area contributed by atoms with Crippen molar-refractivity contribution in [1.82, 2.24) is 25.9 Å². The molecule has 0 amide bonds. The number of benzene rings is 2. The quantitative estimate of drug-likeness (QED) is 0.561. The summed E-state index contributed by atoms with van der Waals surface area (Å²) in [5.74, 6) is 0.582. The molecule has 4 rings (SSSR count). The Morgan fingerprint density at radius 2 is 1.87 bits per heavy atom. The normalized spacial score (nSPS) is 19.3. The van der Waals surface area contributed by atoms with Crippen LogP contribution in [-0.4, -0.2) is 28.9 Å². The van der Waals surface area contributed by atoms with Gasteiger partial charge in [-0.15, -0.1) is 0 Å². The molecule has 0 radical (unpaired) electrons. The third-order valence-electron chi connectivity index (χ3n) is 5.93. The van der Waals surface area contributed by atoms with E-state index in [-0.39, 0.29) is 5.41 Å². The van der Waals surface area contributed by atoms with Gasteiger partial charge < -0.3 is 5.32 Å². The first-order valence-corrected chi connectivity index (χ1v) is 10.8. The van der Waals surface area contributed by atoms with Gasteiger partial charge in [0.05, 0.1) is 6.54 Å². The first-order valence-electron chi connectivity index (χ1n) is 10.8. The molecule has 0 bridgehead atoms. The largest absolute Gasteiger partial charge is 0.312 e. The molecule has 5 heteroatoms. The van der Waals surface area contributed by atoms with Crippen LogP contribution in [0, 0.1) is 11.3 Å². The van der Waals surface area contributed by atoms with E-state index in [0.29, 0.717) is 12.0 Å². The van der Waals surface area contributed by atoms with Gasteiger partial charge in [-0.1, -0.05) is 69.3 Å². The monoisotopic (exact) mass is 403 g/mol. The third kappa shape index (κ3) is 4.98. The van der Waals surface area contributed by atoms with Crippen molar-refractivity contribution < 1.29 is 0 Å². The van der Waals surface area contributed by atoms with Gasteiger partial charge in [0, 0.05) is 44.0 Å². The highest BCUT2D eigenvalue weighted by molar-refractivity contribution is 5.67. The summed E-state index contributed by atoms with van der Waals surface area (Å²) in [6.45, 7) is 10.6. The number of nitrogens with one attached hydrogen (secondary N) is 3. The zero-order valence-electron chi connectivity index (χ0n) is 18.2. The average Bonchev–Trinajstić information content (AvgIpc) is 3.41. The van der Waals surface area contributed by atoms with Crippen LogP contribution in [0.15, 0.2) is 67.0 Å². The first-order chi connectivity index (χ1) is 14.5. The summed E-state index contributed by atoms with van der Waals surface area (Å²) < 4.78 is 1.95. The fourth-order valence-electron chi connectivity index (χ4n) is 4.37. The molecule has 0 aliphatic carbocycles. The second-order valence-electron chi connectivity index (χ2n) is 9.32. The summed E-state index contributed by atoms with van der Waals surface area (Å²) in [6.07, 6.45) is 3.81. The summed E-state index contributed by atoms with van der Waals surface area (Å²) in [5, 5.41) is 8.00. The van der Waals surface area contributed by atoms with E-state index < -0.39 is 0 Å². The predicted molar refractivity (Wildman–Crippen MR) is 123 cm³/mol. The molecule has 1 fully saturated rings. The Kier molecular flexibility index (Phi) is 6.32. The molecule has 1 saturated heterocycles. The fourth-order valence-corrected chi connectivity index (χ4v) is 4.37. The van der Waals surface area contributed by atoms with E-state index in [9.17, 15) is 0 Å². The van der Waals surface area contributed by atoms with Gasteiger partial charge in [0.15, 0.2) is 0 Å². The van der Waals surface area contributed by atoms with Crippen LogP contribution in [0.2, 0.25) is 0 Å². The number of nitrogens with zero attached hydrogens (tertiary/aromatic N) is 2. The van der Waals surface area contributed by atoms with E-state index in [4.69, 9.17) is 0 Å². The van der Waals surface area contributed by atoms with Crippen LogP contribution in [0.5, 0.6) is 0 Å². The lowest BCUT2D eigenvalue weighted by atomic mass is 9.80. The Bertz CT molecular complexity index is 925. The van der Waals surface area contributed by atoms with E-state index in [1.807, 2.05) is 23.1 Å². The topological polar surface area (TPSA) is 53.9 Å². The van der Waals surface area contributed by atoms with Crippen molar-refractivity contribution in [3.8, 4) is 11.1 Å². The molecule has 1 aliphatic heterocycles. The molecule has 2 atom stereocenters. The highest BCUT2D eigenvalue weighted by atomic mass is 15.4. The van der Waals surface area contributed by atoms with Gasteiger partial charge in [-0.25, -0.2) is 0 Å². The maximum Gasteiger partial charge on any atom is 0.0659 e. The van der Waals surface area contributed by atoms with Crippen LogP contribution in [0.3, 0.4) is 0 Å². The maximum atomic E-state index is 4.29. The van der Waals surface area contributed by atoms with Crippen molar-refractivity contribution in [2.24, 2.45) is 11.3 Å².